The lowest BCUT2D eigenvalue weighted by Gasteiger charge is -2.26. The third-order valence-electron chi connectivity index (χ3n) is 4.33. The molecular formula is C22H22N2O3. The van der Waals surface area contributed by atoms with Crippen molar-refractivity contribution in [1.29, 1.82) is 0 Å². The first-order chi connectivity index (χ1) is 13.4. The normalized spacial score (nSPS) is 15.3. The van der Waals surface area contributed by atoms with Crippen LogP contribution >= 0.6 is 0 Å². The van der Waals surface area contributed by atoms with Gasteiger partial charge in [0, 0.05) is 24.8 Å². The largest absolute Gasteiger partial charge is 0.487 e. The van der Waals surface area contributed by atoms with E-state index in [0.717, 1.165) is 28.5 Å². The highest BCUT2D eigenvalue weighted by Crippen LogP contribution is 2.30. The van der Waals surface area contributed by atoms with Crippen LogP contribution in [0.5, 0.6) is 17.2 Å². The Morgan fingerprint density at radius 2 is 1.78 bits per heavy atom. The molecule has 0 bridgehead atoms. The second-order valence-electron chi connectivity index (χ2n) is 6.35. The maximum atomic E-state index is 5.98. The maximum absolute atomic E-state index is 5.98. The molecule has 0 radical (unpaired) electrons. The molecule has 1 aliphatic rings. The van der Waals surface area contributed by atoms with Gasteiger partial charge in [-0.3, -0.25) is 4.98 Å². The van der Waals surface area contributed by atoms with Gasteiger partial charge in [-0.2, -0.15) is 0 Å². The molecular weight excluding hydrogens is 340 g/mol. The standard InChI is InChI=1S/C22H22N2O3/c1-2-9-20(25-15-18-8-5-6-12-24-18)17(7-1)13-23-14-19-16-26-21-10-3-4-11-22(21)27-19/h1-12,19,23H,13-16H2. The molecule has 4 rings (SSSR count). The molecule has 5 heteroatoms. The summed E-state index contributed by atoms with van der Waals surface area (Å²) < 4.78 is 17.7. The Labute approximate surface area is 158 Å². The summed E-state index contributed by atoms with van der Waals surface area (Å²) in [5.41, 5.74) is 2.01. The lowest BCUT2D eigenvalue weighted by molar-refractivity contribution is 0.0901. The molecule has 0 fully saturated rings. The van der Waals surface area contributed by atoms with Gasteiger partial charge < -0.3 is 19.5 Å². The molecule has 0 saturated heterocycles. The number of hydrogen-bond donors (Lipinski definition) is 1. The van der Waals surface area contributed by atoms with Crippen LogP contribution in [0.3, 0.4) is 0 Å². The van der Waals surface area contributed by atoms with E-state index in [9.17, 15) is 0 Å². The van der Waals surface area contributed by atoms with Crippen molar-refractivity contribution in [2.75, 3.05) is 13.2 Å². The van der Waals surface area contributed by atoms with Crippen LogP contribution in [0.1, 0.15) is 11.3 Å². The fourth-order valence-electron chi connectivity index (χ4n) is 2.96. The summed E-state index contributed by atoms with van der Waals surface area (Å²) in [5, 5.41) is 3.44. The molecule has 5 nitrogen and oxygen atoms in total. The monoisotopic (exact) mass is 362 g/mol. The number of benzene rings is 2. The van der Waals surface area contributed by atoms with Crippen LogP contribution < -0.4 is 19.5 Å². The lowest BCUT2D eigenvalue weighted by atomic mass is 10.2. The molecule has 2 aromatic carbocycles. The third-order valence-corrected chi connectivity index (χ3v) is 4.33. The molecule has 1 aromatic heterocycles. The van der Waals surface area contributed by atoms with Crippen LogP contribution in [0, 0.1) is 0 Å². The van der Waals surface area contributed by atoms with Gasteiger partial charge in [0.05, 0.1) is 5.69 Å². The van der Waals surface area contributed by atoms with E-state index in [1.54, 1.807) is 6.20 Å². The van der Waals surface area contributed by atoms with E-state index >= 15 is 0 Å². The van der Waals surface area contributed by atoms with Gasteiger partial charge in [-0.05, 0) is 30.3 Å². The number of para-hydroxylation sites is 3. The second kappa shape index (κ2) is 8.56. The molecule has 27 heavy (non-hydrogen) atoms. The molecule has 1 aliphatic heterocycles. The fourth-order valence-corrected chi connectivity index (χ4v) is 2.96. The topological polar surface area (TPSA) is 52.6 Å². The van der Waals surface area contributed by atoms with Crippen molar-refractivity contribution in [1.82, 2.24) is 10.3 Å². The van der Waals surface area contributed by atoms with E-state index in [4.69, 9.17) is 14.2 Å². The predicted octanol–water partition coefficient (Wildman–Crippen LogP) is 3.59. The summed E-state index contributed by atoms with van der Waals surface area (Å²) in [7, 11) is 0. The summed E-state index contributed by atoms with van der Waals surface area (Å²) in [6.45, 7) is 2.39. The van der Waals surface area contributed by atoms with E-state index in [1.807, 2.05) is 60.7 Å². The van der Waals surface area contributed by atoms with E-state index in [0.29, 0.717) is 26.3 Å². The number of aromatic nitrogens is 1. The van der Waals surface area contributed by atoms with Crippen LogP contribution in [-0.2, 0) is 13.2 Å². The van der Waals surface area contributed by atoms with Crippen molar-refractivity contribution >= 4 is 0 Å². The number of hydrogen-bond acceptors (Lipinski definition) is 5. The number of ether oxygens (including phenoxy) is 3. The van der Waals surface area contributed by atoms with Gasteiger partial charge in [-0.25, -0.2) is 0 Å². The quantitative estimate of drug-likeness (QED) is 0.696. The molecule has 0 aliphatic carbocycles. The molecule has 138 valence electrons. The Kier molecular flexibility index (Phi) is 5.50. The molecule has 0 saturated carbocycles. The molecule has 1 atom stereocenters. The van der Waals surface area contributed by atoms with Crippen LogP contribution in [0.2, 0.25) is 0 Å². The first-order valence-electron chi connectivity index (χ1n) is 9.08. The minimum atomic E-state index is -0.0125. The highest BCUT2D eigenvalue weighted by Gasteiger charge is 2.20. The number of fused-ring (bicyclic) bond motifs is 1. The van der Waals surface area contributed by atoms with E-state index in [2.05, 4.69) is 16.4 Å². The SMILES string of the molecule is c1ccc(COc2ccccc2CNCC2COc3ccccc3O2)nc1. The van der Waals surface area contributed by atoms with Crippen molar-refractivity contribution < 1.29 is 14.2 Å². The third kappa shape index (κ3) is 4.57. The smallest absolute Gasteiger partial charge is 0.161 e. The summed E-state index contributed by atoms with van der Waals surface area (Å²) in [6, 6.07) is 21.6. The Balaban J connectivity index is 1.30. The zero-order valence-electron chi connectivity index (χ0n) is 15.0. The van der Waals surface area contributed by atoms with Crippen molar-refractivity contribution in [3.8, 4) is 17.2 Å². The molecule has 2 heterocycles. The van der Waals surface area contributed by atoms with E-state index in [-0.39, 0.29) is 6.10 Å². The summed E-state index contributed by atoms with van der Waals surface area (Å²) >= 11 is 0. The molecule has 1 N–H and O–H groups in total. The number of rotatable bonds is 7. The molecule has 0 spiro atoms. The number of pyridine rings is 1. The van der Waals surface area contributed by atoms with Crippen LogP contribution in [0.25, 0.3) is 0 Å². The van der Waals surface area contributed by atoms with Gasteiger partial charge in [0.2, 0.25) is 0 Å². The summed E-state index contributed by atoms with van der Waals surface area (Å²) in [5.74, 6) is 2.47. The zero-order chi connectivity index (χ0) is 18.3. The van der Waals surface area contributed by atoms with E-state index < -0.39 is 0 Å². The maximum Gasteiger partial charge on any atom is 0.161 e. The fraction of sp³-hybridized carbons (Fsp3) is 0.227. The Hall–Kier alpha value is -3.05. The van der Waals surface area contributed by atoms with Gasteiger partial charge in [0.1, 0.15) is 25.1 Å². The van der Waals surface area contributed by atoms with Crippen LogP contribution in [0.15, 0.2) is 72.9 Å². The van der Waals surface area contributed by atoms with Crippen molar-refractivity contribution in [3.05, 3.63) is 84.2 Å². The minimum Gasteiger partial charge on any atom is -0.487 e. The first-order valence-corrected chi connectivity index (χ1v) is 9.08. The van der Waals surface area contributed by atoms with E-state index in [1.165, 1.54) is 0 Å². The number of nitrogens with one attached hydrogen (secondary N) is 1. The Bertz CT molecular complexity index is 870. The Morgan fingerprint density at radius 1 is 0.963 bits per heavy atom. The van der Waals surface area contributed by atoms with Crippen molar-refractivity contribution in [3.63, 3.8) is 0 Å². The van der Waals surface area contributed by atoms with Gasteiger partial charge in [-0.15, -0.1) is 0 Å². The zero-order valence-corrected chi connectivity index (χ0v) is 15.0. The molecule has 1 unspecified atom stereocenters. The summed E-state index contributed by atoms with van der Waals surface area (Å²) in [6.07, 6.45) is 1.76. The van der Waals surface area contributed by atoms with Crippen molar-refractivity contribution in [2.24, 2.45) is 0 Å². The second-order valence-corrected chi connectivity index (χ2v) is 6.35. The van der Waals surface area contributed by atoms with Gasteiger partial charge in [0.15, 0.2) is 11.5 Å². The van der Waals surface area contributed by atoms with Crippen LogP contribution in [-0.4, -0.2) is 24.2 Å². The predicted molar refractivity (Wildman–Crippen MR) is 103 cm³/mol. The average molecular weight is 362 g/mol. The van der Waals surface area contributed by atoms with Crippen LogP contribution in [0.4, 0.5) is 0 Å². The van der Waals surface area contributed by atoms with Crippen molar-refractivity contribution in [2.45, 2.75) is 19.3 Å². The average Bonchev–Trinajstić information content (AvgIpc) is 2.74. The minimum absolute atomic E-state index is 0.0125. The molecule has 0 amide bonds. The van der Waals surface area contributed by atoms with Gasteiger partial charge in [-0.1, -0.05) is 36.4 Å². The summed E-state index contributed by atoms with van der Waals surface area (Å²) in [4.78, 5) is 4.29. The Morgan fingerprint density at radius 3 is 2.67 bits per heavy atom. The van der Waals surface area contributed by atoms with Gasteiger partial charge >= 0.3 is 0 Å². The highest BCUT2D eigenvalue weighted by molar-refractivity contribution is 5.40. The molecule has 3 aromatic rings. The number of nitrogens with zero attached hydrogens (tertiary/aromatic N) is 1. The highest BCUT2D eigenvalue weighted by atomic mass is 16.6. The van der Waals surface area contributed by atoms with Gasteiger partial charge in [0.25, 0.3) is 0 Å². The lowest BCUT2D eigenvalue weighted by Crippen LogP contribution is -2.38. The first kappa shape index (κ1) is 17.4.